The van der Waals surface area contributed by atoms with E-state index in [1.54, 1.807) is 30.3 Å². The maximum absolute atomic E-state index is 12.9. The van der Waals surface area contributed by atoms with E-state index in [0.717, 1.165) is 20.3 Å². The highest BCUT2D eigenvalue weighted by Gasteiger charge is 2.15. The fraction of sp³-hybridized carbons (Fsp3) is 0.152. The summed E-state index contributed by atoms with van der Waals surface area (Å²) in [7, 11) is 0. The van der Waals surface area contributed by atoms with Gasteiger partial charge in [-0.05, 0) is 96.1 Å². The molecule has 1 amide bonds. The summed E-state index contributed by atoms with van der Waals surface area (Å²) in [6.45, 7) is 5.08. The van der Waals surface area contributed by atoms with Gasteiger partial charge in [0.25, 0.3) is 5.91 Å². The highest BCUT2D eigenvalue weighted by Crippen LogP contribution is 2.35. The third kappa shape index (κ3) is 8.49. The molecule has 8 heteroatoms. The molecule has 6 nitrogen and oxygen atoms in total. The van der Waals surface area contributed by atoms with Gasteiger partial charge in [-0.1, -0.05) is 59.6 Å². The molecule has 208 valence electrons. The zero-order chi connectivity index (χ0) is 29.2. The van der Waals surface area contributed by atoms with Crippen LogP contribution in [0.2, 0.25) is 5.02 Å². The first kappa shape index (κ1) is 30.0. The Balaban J connectivity index is 1.44. The summed E-state index contributed by atoms with van der Waals surface area (Å²) in [6, 6.07) is 28.1. The molecule has 0 heterocycles. The fourth-order valence-electron chi connectivity index (χ4n) is 3.96. The number of benzene rings is 4. The van der Waals surface area contributed by atoms with Gasteiger partial charge >= 0.3 is 0 Å². The molecule has 0 spiro atoms. The Kier molecular flexibility index (Phi) is 10.7. The van der Waals surface area contributed by atoms with Crippen LogP contribution >= 0.6 is 34.2 Å². The molecule has 0 saturated carbocycles. The van der Waals surface area contributed by atoms with Crippen LogP contribution in [-0.2, 0) is 18.0 Å². The van der Waals surface area contributed by atoms with Crippen molar-refractivity contribution in [2.24, 2.45) is 0 Å². The van der Waals surface area contributed by atoms with Crippen LogP contribution in [0.1, 0.15) is 29.2 Å². The van der Waals surface area contributed by atoms with Crippen LogP contribution < -0.4 is 19.5 Å². The predicted molar refractivity (Wildman–Crippen MR) is 170 cm³/mol. The summed E-state index contributed by atoms with van der Waals surface area (Å²) in [4.78, 5) is 12.9. The summed E-state index contributed by atoms with van der Waals surface area (Å²) in [6.07, 6.45) is 1.53. The Morgan fingerprint density at radius 2 is 1.76 bits per heavy atom. The van der Waals surface area contributed by atoms with Crippen LogP contribution in [0.15, 0.2) is 90.5 Å². The van der Waals surface area contributed by atoms with Gasteiger partial charge in [-0.3, -0.25) is 4.79 Å². The van der Waals surface area contributed by atoms with Gasteiger partial charge in [0.15, 0.2) is 11.5 Å². The normalized spacial score (nSPS) is 11.0. The van der Waals surface area contributed by atoms with Gasteiger partial charge in [0, 0.05) is 16.3 Å². The number of anilines is 1. The van der Waals surface area contributed by atoms with Crippen molar-refractivity contribution in [2.75, 3.05) is 11.9 Å². The third-order valence-electron chi connectivity index (χ3n) is 5.94. The predicted octanol–water partition coefficient (Wildman–Crippen LogP) is 8.36. The lowest BCUT2D eigenvalue weighted by Gasteiger charge is -2.15. The Bertz CT molecular complexity index is 1600. The van der Waals surface area contributed by atoms with Crippen molar-refractivity contribution in [3.63, 3.8) is 0 Å². The largest absolute Gasteiger partial charge is 0.490 e. The number of aryl methyl sites for hydroxylation is 1. The minimum absolute atomic E-state index is 0.0456. The van der Waals surface area contributed by atoms with E-state index in [2.05, 4.69) is 34.0 Å². The Morgan fingerprint density at radius 1 is 0.976 bits per heavy atom. The Labute approximate surface area is 258 Å². The molecule has 0 unspecified atom stereocenters. The van der Waals surface area contributed by atoms with Crippen molar-refractivity contribution in [3.8, 4) is 23.3 Å². The first-order valence-electron chi connectivity index (χ1n) is 12.9. The van der Waals surface area contributed by atoms with Gasteiger partial charge in [-0.15, -0.1) is 0 Å². The van der Waals surface area contributed by atoms with Gasteiger partial charge in [0.1, 0.15) is 30.6 Å². The maximum Gasteiger partial charge on any atom is 0.266 e. The van der Waals surface area contributed by atoms with Crippen molar-refractivity contribution in [1.29, 1.82) is 5.26 Å². The number of amides is 1. The lowest BCUT2D eigenvalue weighted by atomic mass is 10.1. The van der Waals surface area contributed by atoms with E-state index in [9.17, 15) is 10.1 Å². The SMILES string of the molecule is CCOc1cc(/C=C(\C#N)C(=O)Nc2ccc(OCc3ccccc3Cl)cc2)cc(I)c1OCc1cccc(C)c1. The lowest BCUT2D eigenvalue weighted by molar-refractivity contribution is -0.112. The molecule has 41 heavy (non-hydrogen) atoms. The zero-order valence-corrected chi connectivity index (χ0v) is 25.5. The number of hydrogen-bond donors (Lipinski definition) is 1. The highest BCUT2D eigenvalue weighted by atomic mass is 127. The van der Waals surface area contributed by atoms with E-state index in [-0.39, 0.29) is 5.57 Å². The molecule has 0 saturated heterocycles. The summed E-state index contributed by atoms with van der Waals surface area (Å²) in [5.74, 6) is 1.26. The van der Waals surface area contributed by atoms with Gasteiger partial charge in [0.05, 0.1) is 10.2 Å². The first-order valence-corrected chi connectivity index (χ1v) is 14.4. The third-order valence-corrected chi connectivity index (χ3v) is 7.11. The molecule has 4 rings (SSSR count). The van der Waals surface area contributed by atoms with E-state index in [1.165, 1.54) is 6.08 Å². The maximum atomic E-state index is 12.9. The molecular formula is C33H28ClIN2O4. The quantitative estimate of drug-likeness (QED) is 0.0980. The van der Waals surface area contributed by atoms with Crippen LogP contribution in [-0.4, -0.2) is 12.5 Å². The average molecular weight is 679 g/mol. The number of hydrogen-bond acceptors (Lipinski definition) is 5. The topological polar surface area (TPSA) is 80.6 Å². The summed E-state index contributed by atoms with van der Waals surface area (Å²) >= 11 is 8.36. The Morgan fingerprint density at radius 3 is 2.46 bits per heavy atom. The molecular weight excluding hydrogens is 651 g/mol. The first-order chi connectivity index (χ1) is 19.9. The molecule has 0 aliphatic carbocycles. The molecule has 0 fully saturated rings. The smallest absolute Gasteiger partial charge is 0.266 e. The minimum atomic E-state index is -0.523. The number of carbonyl (C=O) groups excluding carboxylic acids is 1. The van der Waals surface area contributed by atoms with Crippen LogP contribution in [0.5, 0.6) is 17.2 Å². The minimum Gasteiger partial charge on any atom is -0.490 e. The number of ether oxygens (including phenoxy) is 3. The van der Waals surface area contributed by atoms with Crippen molar-refractivity contribution in [1.82, 2.24) is 0 Å². The highest BCUT2D eigenvalue weighted by molar-refractivity contribution is 14.1. The average Bonchev–Trinajstić information content (AvgIpc) is 2.96. The molecule has 0 radical (unpaired) electrons. The number of halogens is 2. The molecule has 4 aromatic rings. The monoisotopic (exact) mass is 678 g/mol. The van der Waals surface area contributed by atoms with E-state index in [0.29, 0.717) is 53.3 Å². The lowest BCUT2D eigenvalue weighted by Crippen LogP contribution is -2.13. The van der Waals surface area contributed by atoms with E-state index in [1.807, 2.05) is 68.4 Å². The molecule has 0 aliphatic heterocycles. The van der Waals surface area contributed by atoms with Gasteiger partial charge in [-0.2, -0.15) is 5.26 Å². The number of carbonyl (C=O) groups is 1. The molecule has 0 aliphatic rings. The summed E-state index contributed by atoms with van der Waals surface area (Å²) in [5, 5.41) is 13.1. The van der Waals surface area contributed by atoms with Gasteiger partial charge in [-0.25, -0.2) is 0 Å². The van der Waals surface area contributed by atoms with E-state index >= 15 is 0 Å². The second-order valence-electron chi connectivity index (χ2n) is 9.07. The molecule has 1 N–H and O–H groups in total. The second kappa shape index (κ2) is 14.6. The number of rotatable bonds is 11. The Hall–Kier alpha value is -4.00. The van der Waals surface area contributed by atoms with Gasteiger partial charge < -0.3 is 19.5 Å². The summed E-state index contributed by atoms with van der Waals surface area (Å²) < 4.78 is 18.6. The van der Waals surface area contributed by atoms with Crippen LogP contribution in [0.25, 0.3) is 6.08 Å². The second-order valence-corrected chi connectivity index (χ2v) is 10.6. The molecule has 0 bridgehead atoms. The van der Waals surface area contributed by atoms with Crippen molar-refractivity contribution in [2.45, 2.75) is 27.1 Å². The number of nitrogens with zero attached hydrogens (tertiary/aromatic N) is 1. The fourth-order valence-corrected chi connectivity index (χ4v) is 4.93. The van der Waals surface area contributed by atoms with Gasteiger partial charge in [0.2, 0.25) is 0 Å². The van der Waals surface area contributed by atoms with Crippen molar-refractivity contribution < 1.29 is 19.0 Å². The zero-order valence-electron chi connectivity index (χ0n) is 22.6. The van der Waals surface area contributed by atoms with Crippen LogP contribution in [0.3, 0.4) is 0 Å². The van der Waals surface area contributed by atoms with Crippen molar-refractivity contribution >= 4 is 51.9 Å². The van der Waals surface area contributed by atoms with Crippen LogP contribution in [0.4, 0.5) is 5.69 Å². The van der Waals surface area contributed by atoms with E-state index < -0.39 is 5.91 Å². The molecule has 0 atom stereocenters. The van der Waals surface area contributed by atoms with Crippen molar-refractivity contribution in [3.05, 3.63) is 121 Å². The van der Waals surface area contributed by atoms with Crippen LogP contribution in [0, 0.1) is 21.8 Å². The summed E-state index contributed by atoms with van der Waals surface area (Å²) in [5.41, 5.74) is 4.22. The standard InChI is InChI=1S/C33H28ClIN2O4/c1-3-39-31-18-24(17-30(35)32(31)41-20-23-8-6-7-22(2)15-23)16-26(19-36)33(38)37-27-11-13-28(14-12-27)40-21-25-9-4-5-10-29(25)34/h4-18H,3,20-21H2,1-2H3,(H,37,38)/b26-16+. The molecule has 0 aromatic heterocycles. The van der Waals surface area contributed by atoms with E-state index in [4.69, 9.17) is 25.8 Å². The number of nitriles is 1. The molecule has 4 aromatic carbocycles. The number of nitrogens with one attached hydrogen (secondary N) is 1.